The third-order valence-corrected chi connectivity index (χ3v) is 27.2. The summed E-state index contributed by atoms with van der Waals surface area (Å²) in [6.45, 7) is 0. The van der Waals surface area contributed by atoms with Gasteiger partial charge in [0.05, 0.1) is 33.1 Å². The van der Waals surface area contributed by atoms with E-state index in [1.54, 1.807) is 0 Å². The lowest BCUT2D eigenvalue weighted by Gasteiger charge is -2.12. The van der Waals surface area contributed by atoms with Crippen molar-refractivity contribution in [3.8, 4) is 142 Å². The van der Waals surface area contributed by atoms with Crippen LogP contribution in [0.4, 0.5) is 0 Å². The summed E-state index contributed by atoms with van der Waals surface area (Å²) in [6, 6.07) is 167. The third kappa shape index (κ3) is 15.2. The average molecular weight is 1850 g/mol. The largest absolute Gasteiger partial charge is 0.456 e. The van der Waals surface area contributed by atoms with Crippen LogP contribution in [0.2, 0.25) is 0 Å². The standard InChI is InChI=1S/2C45H28N4O.C39H24N4O/c1-2-11-29(12-3-1)30-21-23-31(24-22-30)43-46-44(48-45(47-43)33-25-26-38-37-17-6-9-20-41(37)50-42(38)28-33)32-13-10-14-34(27-32)49-39-18-7-4-15-35(39)36-16-5-8-19-40(36)49;1-2-10-31(11-3-1)43-46-44(48-45(47-43)33-24-27-38-37-14-6-9-17-41(37)50-42(38)28-33)32-20-18-29(19-21-32)30-22-25-34(26-23-30)49-39-15-7-4-12-35(39)36-13-5-8-16-40(36)49;1-2-11-25(12-3-1)37-40-38(42-39(41-37)27-21-22-32-31-17-6-9-20-35(31)44-36(32)24-27)26-13-10-14-28(23-26)43-33-18-7-4-15-29(33)30-16-5-8-19-34(30)43/h2*1-28H;1-24H. The molecule has 0 saturated carbocycles. The van der Waals surface area contributed by atoms with Crippen molar-refractivity contribution in [3.05, 3.63) is 485 Å². The lowest BCUT2D eigenvalue weighted by molar-refractivity contribution is 0.668. The van der Waals surface area contributed by atoms with Gasteiger partial charge >= 0.3 is 0 Å². The number of hydrogen-bond acceptors (Lipinski definition) is 12. The molecule has 0 spiro atoms. The first-order valence-corrected chi connectivity index (χ1v) is 48.0. The van der Waals surface area contributed by atoms with Crippen LogP contribution in [0.15, 0.2) is 499 Å². The molecule has 0 amide bonds. The van der Waals surface area contributed by atoms with Gasteiger partial charge in [-0.3, -0.25) is 0 Å². The monoisotopic (exact) mass is 1840 g/mol. The van der Waals surface area contributed by atoms with E-state index in [-0.39, 0.29) is 0 Å². The minimum absolute atomic E-state index is 0.585. The number of hydrogen-bond donors (Lipinski definition) is 0. The van der Waals surface area contributed by atoms with Gasteiger partial charge in [-0.2, -0.15) is 0 Å². The van der Waals surface area contributed by atoms with Gasteiger partial charge < -0.3 is 27.0 Å². The Balaban J connectivity index is 0.000000108. The van der Waals surface area contributed by atoms with E-state index in [0.717, 1.165) is 177 Å². The number of benzene rings is 20. The smallest absolute Gasteiger partial charge is 0.164 e. The number of nitrogens with zero attached hydrogens (tertiary/aromatic N) is 12. The minimum atomic E-state index is 0.585. The van der Waals surface area contributed by atoms with Crippen LogP contribution in [0.5, 0.6) is 0 Å². The summed E-state index contributed by atoms with van der Waals surface area (Å²) in [5.74, 6) is 5.47. The molecule has 9 aromatic heterocycles. The van der Waals surface area contributed by atoms with E-state index in [1.165, 1.54) is 43.4 Å². The fourth-order valence-electron chi connectivity index (χ4n) is 20.3. The molecule has 9 heterocycles. The molecule has 29 aromatic rings. The Labute approximate surface area is 824 Å². The second-order valence-corrected chi connectivity index (χ2v) is 35.9. The normalized spacial score (nSPS) is 11.6. The highest BCUT2D eigenvalue weighted by Crippen LogP contribution is 2.43. The van der Waals surface area contributed by atoms with Gasteiger partial charge in [0.25, 0.3) is 0 Å². The maximum absolute atomic E-state index is 6.25. The highest BCUT2D eigenvalue weighted by atomic mass is 16.3. The second-order valence-electron chi connectivity index (χ2n) is 35.9. The zero-order valence-corrected chi connectivity index (χ0v) is 77.3. The number of aromatic nitrogens is 12. The number of para-hydroxylation sites is 9. The van der Waals surface area contributed by atoms with Crippen molar-refractivity contribution in [2.24, 2.45) is 0 Å². The zero-order valence-electron chi connectivity index (χ0n) is 77.3. The van der Waals surface area contributed by atoms with Crippen molar-refractivity contribution in [1.82, 2.24) is 58.6 Å². The third-order valence-electron chi connectivity index (χ3n) is 27.2. The van der Waals surface area contributed by atoms with Crippen LogP contribution in [0.1, 0.15) is 0 Å². The van der Waals surface area contributed by atoms with Crippen molar-refractivity contribution in [1.29, 1.82) is 0 Å². The van der Waals surface area contributed by atoms with Crippen molar-refractivity contribution in [3.63, 3.8) is 0 Å². The van der Waals surface area contributed by atoms with Gasteiger partial charge in [-0.05, 0) is 150 Å². The van der Waals surface area contributed by atoms with Gasteiger partial charge in [-0.15, -0.1) is 0 Å². The van der Waals surface area contributed by atoms with Crippen LogP contribution >= 0.6 is 0 Å². The Hall–Kier alpha value is -19.8. The molecular weight excluding hydrogens is 1770 g/mol. The maximum atomic E-state index is 6.25. The lowest BCUT2D eigenvalue weighted by atomic mass is 10.0. The molecule has 0 aliphatic rings. The van der Waals surface area contributed by atoms with E-state index in [1.807, 2.05) is 140 Å². The first-order chi connectivity index (χ1) is 71.3. The van der Waals surface area contributed by atoms with Crippen LogP contribution in [-0.4, -0.2) is 58.6 Å². The first kappa shape index (κ1) is 83.6. The summed E-state index contributed by atoms with van der Waals surface area (Å²) in [7, 11) is 0. The molecule has 0 atom stereocenters. The van der Waals surface area contributed by atoms with Gasteiger partial charge in [-0.25, -0.2) is 44.9 Å². The summed E-state index contributed by atoms with van der Waals surface area (Å²) >= 11 is 0. The zero-order chi connectivity index (χ0) is 95.1. The van der Waals surface area contributed by atoms with E-state index in [2.05, 4.69) is 359 Å². The Morgan fingerprint density at radius 3 is 0.597 bits per heavy atom. The lowest BCUT2D eigenvalue weighted by Crippen LogP contribution is -2.01. The summed E-state index contributed by atoms with van der Waals surface area (Å²) in [6.07, 6.45) is 0. The first-order valence-electron chi connectivity index (χ1n) is 48.0. The quantitative estimate of drug-likeness (QED) is 0.101. The molecule has 15 nitrogen and oxygen atoms in total. The van der Waals surface area contributed by atoms with E-state index >= 15 is 0 Å². The van der Waals surface area contributed by atoms with Crippen LogP contribution in [-0.2, 0) is 0 Å². The van der Waals surface area contributed by atoms with Crippen molar-refractivity contribution in [2.75, 3.05) is 0 Å². The molecule has 144 heavy (non-hydrogen) atoms. The number of furan rings is 3. The fraction of sp³-hybridized carbons (Fsp3) is 0. The Kier molecular flexibility index (Phi) is 20.5. The van der Waals surface area contributed by atoms with Crippen LogP contribution < -0.4 is 0 Å². The molecule has 0 aliphatic carbocycles. The van der Waals surface area contributed by atoms with Crippen molar-refractivity contribution in [2.45, 2.75) is 0 Å². The SMILES string of the molecule is c1ccc(-c2ccc(-c3nc(-c4cccc(-n5c6ccccc6c6ccccc65)c4)nc(-c4ccc5c(c4)oc4ccccc45)n3)cc2)cc1.c1ccc(-c2nc(-c3ccc(-c4ccc(-n5c6ccccc6c6ccccc65)cc4)cc3)nc(-c3ccc4c(c3)oc3ccccc34)n2)cc1.c1ccc(-c2nc(-c3cccc(-n4c5ccccc5c5ccccc54)c3)nc(-c3ccc4c(c3)oc3ccccc34)n2)cc1. The highest BCUT2D eigenvalue weighted by molar-refractivity contribution is 6.13. The van der Waals surface area contributed by atoms with Crippen LogP contribution in [0.3, 0.4) is 0 Å². The van der Waals surface area contributed by atoms with Crippen LogP contribution in [0.25, 0.3) is 273 Å². The molecule has 0 aliphatic heterocycles. The fourth-order valence-corrected chi connectivity index (χ4v) is 20.3. The Bertz CT molecular complexity index is 9890. The van der Waals surface area contributed by atoms with E-state index in [0.29, 0.717) is 52.4 Å². The predicted octanol–water partition coefficient (Wildman–Crippen LogP) is 32.9. The minimum Gasteiger partial charge on any atom is -0.456 e. The maximum Gasteiger partial charge on any atom is 0.164 e. The number of rotatable bonds is 14. The molecule has 0 unspecified atom stereocenters. The molecule has 29 rings (SSSR count). The molecule has 15 heteroatoms. The predicted molar refractivity (Wildman–Crippen MR) is 584 cm³/mol. The van der Waals surface area contributed by atoms with Gasteiger partial charge in [-0.1, -0.05) is 358 Å². The van der Waals surface area contributed by atoms with Gasteiger partial charge in [0.2, 0.25) is 0 Å². The van der Waals surface area contributed by atoms with E-state index in [9.17, 15) is 0 Å². The topological polar surface area (TPSA) is 170 Å². The van der Waals surface area contributed by atoms with E-state index in [4.69, 9.17) is 58.1 Å². The molecule has 20 aromatic carbocycles. The summed E-state index contributed by atoms with van der Waals surface area (Å²) in [5.41, 5.74) is 27.9. The molecule has 0 fully saturated rings. The van der Waals surface area contributed by atoms with Crippen molar-refractivity contribution >= 4 is 131 Å². The summed E-state index contributed by atoms with van der Waals surface area (Å²) < 4.78 is 25.6. The number of fused-ring (bicyclic) bond motifs is 18. The Morgan fingerprint density at radius 2 is 0.306 bits per heavy atom. The Morgan fingerprint density at radius 1 is 0.118 bits per heavy atom. The summed E-state index contributed by atoms with van der Waals surface area (Å²) in [5, 5.41) is 13.9. The molecule has 0 bridgehead atoms. The molecule has 0 radical (unpaired) electrons. The molecule has 674 valence electrons. The van der Waals surface area contributed by atoms with Gasteiger partial charge in [0, 0.05) is 132 Å². The van der Waals surface area contributed by atoms with Crippen LogP contribution in [0, 0.1) is 0 Å². The second kappa shape index (κ2) is 35.3. The van der Waals surface area contributed by atoms with E-state index < -0.39 is 0 Å². The van der Waals surface area contributed by atoms with Crippen molar-refractivity contribution < 1.29 is 13.3 Å². The van der Waals surface area contributed by atoms with Gasteiger partial charge in [0.15, 0.2) is 52.4 Å². The van der Waals surface area contributed by atoms with Gasteiger partial charge in [0.1, 0.15) is 33.5 Å². The molecular formula is C129H80N12O3. The average Bonchev–Trinajstić information content (AvgIpc) is 1.60. The summed E-state index contributed by atoms with van der Waals surface area (Å²) in [4.78, 5) is 45.1. The highest BCUT2D eigenvalue weighted by Gasteiger charge is 2.24. The molecule has 0 saturated heterocycles. The molecule has 0 N–H and O–H groups in total.